The third-order valence-electron chi connectivity index (χ3n) is 5.22. The number of halogens is 2. The quantitative estimate of drug-likeness (QED) is 0.690. The molecule has 0 aliphatic carbocycles. The normalized spacial score (nSPS) is 19.4. The van der Waals surface area contributed by atoms with Crippen molar-refractivity contribution in [3.8, 4) is 11.5 Å². The summed E-state index contributed by atoms with van der Waals surface area (Å²) in [6.45, 7) is 9.87. The van der Waals surface area contributed by atoms with E-state index < -0.39 is 0 Å². The summed E-state index contributed by atoms with van der Waals surface area (Å²) >= 11 is 3.62. The first-order valence-electron chi connectivity index (χ1n) is 8.69. The van der Waals surface area contributed by atoms with Gasteiger partial charge in [-0.2, -0.15) is 0 Å². The third-order valence-corrected chi connectivity index (χ3v) is 5.81. The molecule has 6 heteroatoms. The highest BCUT2D eigenvalue weighted by atomic mass is 79.9. The molecule has 1 aromatic carbocycles. The van der Waals surface area contributed by atoms with Crippen LogP contribution in [0.25, 0.3) is 0 Å². The summed E-state index contributed by atoms with van der Waals surface area (Å²) in [7, 11) is 1.69. The molecule has 4 nitrogen and oxygen atoms in total. The molecule has 25 heavy (non-hydrogen) atoms. The van der Waals surface area contributed by atoms with Crippen LogP contribution >= 0.6 is 28.3 Å². The van der Waals surface area contributed by atoms with E-state index in [0.717, 1.165) is 22.5 Å². The first-order valence-corrected chi connectivity index (χ1v) is 9.48. The van der Waals surface area contributed by atoms with Crippen molar-refractivity contribution in [2.24, 2.45) is 5.41 Å². The number of nitrogens with one attached hydrogen (secondary N) is 1. The van der Waals surface area contributed by atoms with Crippen LogP contribution in [0.2, 0.25) is 0 Å². The first-order chi connectivity index (χ1) is 11.7. The van der Waals surface area contributed by atoms with E-state index in [1.807, 2.05) is 0 Å². The molecule has 0 radical (unpaired) electrons. The molecular formula is C19H28BrClN2O2. The largest absolute Gasteiger partial charge is 0.493 e. The topological polar surface area (TPSA) is 33.7 Å². The minimum atomic E-state index is 0. The Kier molecular flexibility index (Phi) is 7.62. The Hall–Kier alpha value is -0.750. The van der Waals surface area contributed by atoms with Crippen molar-refractivity contribution in [2.45, 2.75) is 25.8 Å². The number of hydrogen-bond donors (Lipinski definition) is 1. The zero-order valence-corrected chi connectivity index (χ0v) is 17.3. The molecule has 0 bridgehead atoms. The average molecular weight is 432 g/mol. The molecule has 1 spiro atoms. The van der Waals surface area contributed by atoms with E-state index in [9.17, 15) is 0 Å². The van der Waals surface area contributed by atoms with E-state index in [1.165, 1.54) is 51.0 Å². The summed E-state index contributed by atoms with van der Waals surface area (Å²) in [5.74, 6) is 1.52. The number of nitrogens with zero attached hydrogens (tertiary/aromatic N) is 1. The van der Waals surface area contributed by atoms with Gasteiger partial charge in [0.25, 0.3) is 0 Å². The fourth-order valence-corrected chi connectivity index (χ4v) is 4.54. The van der Waals surface area contributed by atoms with Crippen molar-refractivity contribution in [3.63, 3.8) is 0 Å². The average Bonchev–Trinajstić information content (AvgIpc) is 2.96. The maximum atomic E-state index is 5.71. The van der Waals surface area contributed by atoms with Crippen molar-refractivity contribution in [1.29, 1.82) is 0 Å². The smallest absolute Gasteiger partial charge is 0.175 e. The molecule has 140 valence electrons. The van der Waals surface area contributed by atoms with Crippen LogP contribution in [-0.4, -0.2) is 44.8 Å². The van der Waals surface area contributed by atoms with E-state index >= 15 is 0 Å². The standard InChI is InChI=1S/C19H27BrN2O2.ClH/c1-3-10-24-18-16(20)11-15(12-17(18)23-2)13-22-9-6-19(14-22)4-7-21-8-5-19;/h3,11-12,21H,1,4-10,13-14H2,2H3;1H. The molecule has 2 aliphatic rings. The van der Waals surface area contributed by atoms with Gasteiger partial charge in [-0.3, -0.25) is 4.90 Å². The lowest BCUT2D eigenvalue weighted by Crippen LogP contribution is -2.38. The molecular weight excluding hydrogens is 404 g/mol. The van der Waals surface area contributed by atoms with Crippen molar-refractivity contribution in [1.82, 2.24) is 10.2 Å². The van der Waals surface area contributed by atoms with E-state index in [0.29, 0.717) is 12.0 Å². The van der Waals surface area contributed by atoms with Crippen LogP contribution < -0.4 is 14.8 Å². The summed E-state index contributed by atoms with van der Waals surface area (Å²) in [5, 5.41) is 3.48. The molecule has 2 fully saturated rings. The monoisotopic (exact) mass is 430 g/mol. The van der Waals surface area contributed by atoms with Crippen LogP contribution in [0.3, 0.4) is 0 Å². The lowest BCUT2D eigenvalue weighted by atomic mass is 9.78. The maximum Gasteiger partial charge on any atom is 0.175 e. The van der Waals surface area contributed by atoms with Crippen molar-refractivity contribution in [2.75, 3.05) is 39.9 Å². The Labute approximate surface area is 165 Å². The molecule has 0 amide bonds. The maximum absolute atomic E-state index is 5.71. The van der Waals surface area contributed by atoms with Gasteiger partial charge in [-0.1, -0.05) is 12.7 Å². The van der Waals surface area contributed by atoms with Gasteiger partial charge in [0, 0.05) is 13.1 Å². The zero-order chi connectivity index (χ0) is 17.0. The van der Waals surface area contributed by atoms with Crippen molar-refractivity contribution in [3.05, 3.63) is 34.8 Å². The summed E-state index contributed by atoms with van der Waals surface area (Å²) in [4.78, 5) is 2.58. The number of benzene rings is 1. The van der Waals surface area contributed by atoms with Crippen LogP contribution in [0.15, 0.2) is 29.3 Å². The van der Waals surface area contributed by atoms with Gasteiger partial charge in [-0.05, 0) is 77.9 Å². The highest BCUT2D eigenvalue weighted by Crippen LogP contribution is 2.40. The second kappa shape index (κ2) is 9.26. The summed E-state index contributed by atoms with van der Waals surface area (Å²) in [6, 6.07) is 4.24. The van der Waals surface area contributed by atoms with E-state index in [2.05, 4.69) is 44.9 Å². The third kappa shape index (κ3) is 4.91. The van der Waals surface area contributed by atoms with Gasteiger partial charge in [0.2, 0.25) is 0 Å². The van der Waals surface area contributed by atoms with Gasteiger partial charge in [0.05, 0.1) is 11.6 Å². The van der Waals surface area contributed by atoms with Gasteiger partial charge in [-0.15, -0.1) is 12.4 Å². The second-order valence-electron chi connectivity index (χ2n) is 6.92. The van der Waals surface area contributed by atoms with Crippen molar-refractivity contribution < 1.29 is 9.47 Å². The summed E-state index contributed by atoms with van der Waals surface area (Å²) < 4.78 is 12.2. The predicted octanol–water partition coefficient (Wildman–Crippen LogP) is 4.02. The lowest BCUT2D eigenvalue weighted by Gasteiger charge is -2.34. The van der Waals surface area contributed by atoms with E-state index in [4.69, 9.17) is 9.47 Å². The van der Waals surface area contributed by atoms with Gasteiger partial charge in [-0.25, -0.2) is 0 Å². The summed E-state index contributed by atoms with van der Waals surface area (Å²) in [5.41, 5.74) is 1.80. The van der Waals surface area contributed by atoms with Gasteiger partial charge in [0.15, 0.2) is 11.5 Å². The molecule has 3 rings (SSSR count). The van der Waals surface area contributed by atoms with Gasteiger partial charge < -0.3 is 14.8 Å². The number of hydrogen-bond acceptors (Lipinski definition) is 4. The Morgan fingerprint density at radius 2 is 2.08 bits per heavy atom. The van der Waals surface area contributed by atoms with Crippen molar-refractivity contribution >= 4 is 28.3 Å². The van der Waals surface area contributed by atoms with Crippen LogP contribution in [0.5, 0.6) is 11.5 Å². The highest BCUT2D eigenvalue weighted by molar-refractivity contribution is 9.10. The minimum Gasteiger partial charge on any atom is -0.493 e. The molecule has 2 heterocycles. The Balaban J connectivity index is 0.00000225. The number of rotatable bonds is 6. The first kappa shape index (κ1) is 20.6. The fraction of sp³-hybridized carbons (Fsp3) is 0.579. The molecule has 0 unspecified atom stereocenters. The van der Waals surface area contributed by atoms with Gasteiger partial charge in [0.1, 0.15) is 6.61 Å². The molecule has 2 saturated heterocycles. The zero-order valence-electron chi connectivity index (χ0n) is 14.9. The number of likely N-dealkylation sites (tertiary alicyclic amines) is 1. The highest BCUT2D eigenvalue weighted by Gasteiger charge is 2.38. The second-order valence-corrected chi connectivity index (χ2v) is 7.77. The number of piperidine rings is 1. The van der Waals surface area contributed by atoms with Crippen LogP contribution in [0.1, 0.15) is 24.8 Å². The number of ether oxygens (including phenoxy) is 2. The molecule has 1 aromatic rings. The lowest BCUT2D eigenvalue weighted by molar-refractivity contribution is 0.194. The van der Waals surface area contributed by atoms with Crippen LogP contribution in [0.4, 0.5) is 0 Å². The molecule has 0 saturated carbocycles. The molecule has 1 N–H and O–H groups in total. The van der Waals surface area contributed by atoms with E-state index in [-0.39, 0.29) is 12.4 Å². The molecule has 2 aliphatic heterocycles. The predicted molar refractivity (Wildman–Crippen MR) is 108 cm³/mol. The fourth-order valence-electron chi connectivity index (χ4n) is 3.93. The van der Waals surface area contributed by atoms with Gasteiger partial charge >= 0.3 is 0 Å². The Morgan fingerprint density at radius 3 is 2.76 bits per heavy atom. The minimum absolute atomic E-state index is 0. The Bertz CT molecular complexity index is 591. The molecule has 0 atom stereocenters. The Morgan fingerprint density at radius 1 is 1.32 bits per heavy atom. The molecule has 0 aromatic heterocycles. The van der Waals surface area contributed by atoms with E-state index in [1.54, 1.807) is 13.2 Å². The van der Waals surface area contributed by atoms with Crippen LogP contribution in [-0.2, 0) is 6.54 Å². The number of methoxy groups -OCH3 is 1. The van der Waals surface area contributed by atoms with Crippen LogP contribution in [0, 0.1) is 5.41 Å². The summed E-state index contributed by atoms with van der Waals surface area (Å²) in [6.07, 6.45) is 5.69. The SMILES string of the molecule is C=CCOc1c(Br)cc(CN2CCC3(CCNCC3)C2)cc1OC.Cl.